The van der Waals surface area contributed by atoms with Gasteiger partial charge in [0.25, 0.3) is 0 Å². The Hall–Kier alpha value is -1.07. The third-order valence-corrected chi connectivity index (χ3v) is 2.94. The van der Waals surface area contributed by atoms with Crippen LogP contribution in [0.2, 0.25) is 0 Å². The monoisotopic (exact) mass is 240 g/mol. The van der Waals surface area contributed by atoms with E-state index >= 15 is 0 Å². The summed E-state index contributed by atoms with van der Waals surface area (Å²) in [5.74, 6) is 0.819. The van der Waals surface area contributed by atoms with Crippen molar-refractivity contribution in [1.29, 1.82) is 0 Å². The Morgan fingerprint density at radius 1 is 1.47 bits per heavy atom. The molecule has 0 bridgehead atoms. The van der Waals surface area contributed by atoms with Crippen LogP contribution in [0.5, 0.6) is 5.75 Å². The average Bonchev–Trinajstić information content (AvgIpc) is 2.69. The van der Waals surface area contributed by atoms with Crippen LogP contribution in [0.4, 0.5) is 0 Å². The molecule has 5 heteroatoms. The van der Waals surface area contributed by atoms with E-state index in [9.17, 15) is 0 Å². The molecule has 0 unspecified atom stereocenters. The molecule has 1 aromatic rings. The van der Waals surface area contributed by atoms with Crippen molar-refractivity contribution in [3.63, 3.8) is 0 Å². The van der Waals surface area contributed by atoms with Gasteiger partial charge in [-0.25, -0.2) is 0 Å². The van der Waals surface area contributed by atoms with Gasteiger partial charge >= 0.3 is 0 Å². The minimum atomic E-state index is -0.131. The van der Waals surface area contributed by atoms with E-state index in [2.05, 4.69) is 37.9 Å². The van der Waals surface area contributed by atoms with Gasteiger partial charge in [-0.3, -0.25) is 4.68 Å². The van der Waals surface area contributed by atoms with Gasteiger partial charge in [-0.2, -0.15) is 5.10 Å². The Morgan fingerprint density at radius 3 is 2.59 bits per heavy atom. The van der Waals surface area contributed by atoms with Crippen molar-refractivity contribution < 1.29 is 4.74 Å². The molecule has 1 rings (SSSR count). The molecule has 0 aliphatic rings. The smallest absolute Gasteiger partial charge is 0.160 e. The molecule has 0 aliphatic heterocycles. The first-order chi connectivity index (χ1) is 7.92. The zero-order valence-electron chi connectivity index (χ0n) is 11.5. The second kappa shape index (κ2) is 5.51. The Labute approximate surface area is 104 Å². The highest BCUT2D eigenvalue weighted by Crippen LogP contribution is 2.30. The number of likely N-dealkylation sites (N-methyl/N-ethyl adjacent to an activating group) is 1. The zero-order chi connectivity index (χ0) is 13.1. The van der Waals surface area contributed by atoms with Gasteiger partial charge in [0.2, 0.25) is 0 Å². The Kier molecular flexibility index (Phi) is 4.54. The molecule has 5 nitrogen and oxygen atoms in total. The van der Waals surface area contributed by atoms with Crippen molar-refractivity contribution in [2.45, 2.75) is 25.8 Å². The third-order valence-electron chi connectivity index (χ3n) is 2.94. The summed E-state index contributed by atoms with van der Waals surface area (Å²) in [5.41, 5.74) is 6.78. The summed E-state index contributed by atoms with van der Waals surface area (Å²) in [7, 11) is 5.77. The second-order valence-corrected chi connectivity index (χ2v) is 5.18. The molecule has 0 aliphatic carbocycles. The standard InChI is InChI=1S/C12H24N4O/c1-12(2,9-13)11-10(17-5)8-14-16(11)7-6-15(3)4/h8H,6-7,9,13H2,1-5H3. The fraction of sp³-hybridized carbons (Fsp3) is 0.750. The Bertz CT molecular complexity index is 357. The molecule has 0 aromatic carbocycles. The molecule has 0 atom stereocenters. The summed E-state index contributed by atoms with van der Waals surface area (Å²) in [6.07, 6.45) is 1.77. The number of methoxy groups -OCH3 is 1. The molecule has 2 N–H and O–H groups in total. The third kappa shape index (κ3) is 3.20. The van der Waals surface area contributed by atoms with Crippen LogP contribution < -0.4 is 10.5 Å². The maximum atomic E-state index is 5.84. The van der Waals surface area contributed by atoms with Gasteiger partial charge in [0, 0.05) is 18.5 Å². The van der Waals surface area contributed by atoms with Crippen LogP contribution in [0.15, 0.2) is 6.20 Å². The van der Waals surface area contributed by atoms with E-state index in [1.165, 1.54) is 0 Å². The summed E-state index contributed by atoms with van der Waals surface area (Å²) in [4.78, 5) is 2.13. The lowest BCUT2D eigenvalue weighted by molar-refractivity contribution is 0.347. The molecule has 0 saturated heterocycles. The molecule has 0 radical (unpaired) electrons. The van der Waals surface area contributed by atoms with Gasteiger partial charge in [0.15, 0.2) is 5.75 Å². The number of ether oxygens (including phenoxy) is 1. The zero-order valence-corrected chi connectivity index (χ0v) is 11.5. The lowest BCUT2D eigenvalue weighted by Crippen LogP contribution is -2.32. The Balaban J connectivity index is 3.02. The minimum absolute atomic E-state index is 0.131. The predicted octanol–water partition coefficient (Wildman–Crippen LogP) is 0.690. The van der Waals surface area contributed by atoms with Gasteiger partial charge < -0.3 is 15.4 Å². The van der Waals surface area contributed by atoms with E-state index in [1.807, 2.05) is 4.68 Å². The molecule has 1 aromatic heterocycles. The molecular weight excluding hydrogens is 216 g/mol. The van der Waals surface area contributed by atoms with Gasteiger partial charge in [-0.05, 0) is 14.1 Å². The molecule has 0 amide bonds. The molecule has 1 heterocycles. The first-order valence-electron chi connectivity index (χ1n) is 5.87. The van der Waals surface area contributed by atoms with Crippen LogP contribution in [0, 0.1) is 0 Å². The largest absolute Gasteiger partial charge is 0.493 e. The number of nitrogens with two attached hydrogens (primary N) is 1. The van der Waals surface area contributed by atoms with Crippen molar-refractivity contribution in [3.05, 3.63) is 11.9 Å². The summed E-state index contributed by atoms with van der Waals surface area (Å²) >= 11 is 0. The average molecular weight is 240 g/mol. The molecule has 0 fully saturated rings. The lowest BCUT2D eigenvalue weighted by atomic mass is 9.89. The predicted molar refractivity (Wildman–Crippen MR) is 69.4 cm³/mol. The number of hydrogen-bond acceptors (Lipinski definition) is 4. The lowest BCUT2D eigenvalue weighted by Gasteiger charge is -2.25. The van der Waals surface area contributed by atoms with Crippen molar-refractivity contribution in [2.75, 3.05) is 34.3 Å². The van der Waals surface area contributed by atoms with E-state index in [0.717, 1.165) is 24.5 Å². The maximum Gasteiger partial charge on any atom is 0.160 e. The highest BCUT2D eigenvalue weighted by atomic mass is 16.5. The van der Waals surface area contributed by atoms with E-state index in [4.69, 9.17) is 10.5 Å². The van der Waals surface area contributed by atoms with Crippen LogP contribution in [0.1, 0.15) is 19.5 Å². The van der Waals surface area contributed by atoms with Crippen molar-refractivity contribution >= 4 is 0 Å². The summed E-state index contributed by atoms with van der Waals surface area (Å²) < 4.78 is 7.36. The Morgan fingerprint density at radius 2 is 2.12 bits per heavy atom. The SMILES string of the molecule is COc1cnn(CCN(C)C)c1C(C)(C)CN. The molecule has 0 spiro atoms. The first-order valence-corrected chi connectivity index (χ1v) is 5.87. The van der Waals surface area contributed by atoms with Crippen LogP contribution in [0.25, 0.3) is 0 Å². The van der Waals surface area contributed by atoms with Crippen molar-refractivity contribution in [3.8, 4) is 5.75 Å². The second-order valence-electron chi connectivity index (χ2n) is 5.18. The first kappa shape index (κ1) is 14.0. The van der Waals surface area contributed by atoms with Crippen LogP contribution in [0.3, 0.4) is 0 Å². The van der Waals surface area contributed by atoms with Crippen molar-refractivity contribution in [1.82, 2.24) is 14.7 Å². The number of hydrogen-bond donors (Lipinski definition) is 1. The maximum absolute atomic E-state index is 5.84. The van der Waals surface area contributed by atoms with E-state index in [-0.39, 0.29) is 5.41 Å². The van der Waals surface area contributed by atoms with E-state index in [1.54, 1.807) is 13.3 Å². The fourth-order valence-electron chi connectivity index (χ4n) is 1.76. The van der Waals surface area contributed by atoms with Crippen LogP contribution in [-0.2, 0) is 12.0 Å². The van der Waals surface area contributed by atoms with Gasteiger partial charge in [-0.1, -0.05) is 13.8 Å². The van der Waals surface area contributed by atoms with E-state index in [0.29, 0.717) is 6.54 Å². The van der Waals surface area contributed by atoms with Crippen LogP contribution in [-0.4, -0.2) is 49.0 Å². The topological polar surface area (TPSA) is 56.3 Å². The molecule has 17 heavy (non-hydrogen) atoms. The number of nitrogens with zero attached hydrogens (tertiary/aromatic N) is 3. The highest BCUT2D eigenvalue weighted by Gasteiger charge is 2.27. The van der Waals surface area contributed by atoms with Gasteiger partial charge in [0.05, 0.1) is 25.5 Å². The fourth-order valence-corrected chi connectivity index (χ4v) is 1.76. The molecular formula is C12H24N4O. The summed E-state index contributed by atoms with van der Waals surface area (Å²) in [5, 5.41) is 4.38. The summed E-state index contributed by atoms with van der Waals surface area (Å²) in [6.45, 7) is 6.57. The molecule has 98 valence electrons. The van der Waals surface area contributed by atoms with Gasteiger partial charge in [0.1, 0.15) is 0 Å². The van der Waals surface area contributed by atoms with Crippen molar-refractivity contribution in [2.24, 2.45) is 5.73 Å². The molecule has 0 saturated carbocycles. The highest BCUT2D eigenvalue weighted by molar-refractivity contribution is 5.32. The van der Waals surface area contributed by atoms with Crippen LogP contribution >= 0.6 is 0 Å². The number of aromatic nitrogens is 2. The summed E-state index contributed by atoms with van der Waals surface area (Å²) in [6, 6.07) is 0. The minimum Gasteiger partial charge on any atom is -0.493 e. The van der Waals surface area contributed by atoms with Gasteiger partial charge in [-0.15, -0.1) is 0 Å². The normalized spacial score (nSPS) is 12.2. The quantitative estimate of drug-likeness (QED) is 0.795. The van der Waals surface area contributed by atoms with E-state index < -0.39 is 0 Å². The number of rotatable bonds is 6.